The molecule has 7 heteroatoms. The van der Waals surface area contributed by atoms with E-state index in [1.165, 1.54) is 12.1 Å². The van der Waals surface area contributed by atoms with E-state index in [4.69, 9.17) is 0 Å². The van der Waals surface area contributed by atoms with Crippen molar-refractivity contribution in [2.75, 3.05) is 0 Å². The number of amides is 1. The lowest BCUT2D eigenvalue weighted by Gasteiger charge is -2.15. The Labute approximate surface area is 148 Å². The average Bonchev–Trinajstić information content (AvgIpc) is 3.27. The molecule has 0 unspecified atom stereocenters. The number of carbonyl (C=O) groups is 1. The zero-order chi connectivity index (χ0) is 17.4. The molecule has 128 valence electrons. The highest BCUT2D eigenvalue weighted by atomic mass is 32.1. The number of aromatic nitrogens is 3. The smallest absolute Gasteiger partial charge is 0.229 e. The number of carbonyl (C=O) groups excluding carboxylic acids is 1. The van der Waals surface area contributed by atoms with Crippen LogP contribution in [0.4, 0.5) is 4.39 Å². The molecule has 3 aromatic rings. The van der Waals surface area contributed by atoms with Crippen molar-refractivity contribution in [3.8, 4) is 0 Å². The fourth-order valence-corrected chi connectivity index (χ4v) is 3.65. The second kappa shape index (κ2) is 6.40. The van der Waals surface area contributed by atoms with Crippen LogP contribution in [0.5, 0.6) is 0 Å². The molecule has 1 aliphatic heterocycles. The van der Waals surface area contributed by atoms with Gasteiger partial charge in [0.1, 0.15) is 5.82 Å². The minimum Gasteiger partial charge on any atom is -0.332 e. The number of fused-ring (bicyclic) bond motifs is 1. The average molecular weight is 356 g/mol. The molecular weight excluding hydrogens is 339 g/mol. The summed E-state index contributed by atoms with van der Waals surface area (Å²) in [5.74, 6) is -0.168. The van der Waals surface area contributed by atoms with Crippen molar-refractivity contribution in [3.05, 3.63) is 69.2 Å². The van der Waals surface area contributed by atoms with Crippen LogP contribution < -0.4 is 0 Å². The van der Waals surface area contributed by atoms with Crippen LogP contribution in [0.1, 0.15) is 27.5 Å². The van der Waals surface area contributed by atoms with Crippen molar-refractivity contribution < 1.29 is 9.18 Å². The van der Waals surface area contributed by atoms with Gasteiger partial charge in [0.2, 0.25) is 5.91 Å². The van der Waals surface area contributed by atoms with E-state index in [-0.39, 0.29) is 11.7 Å². The normalized spacial score (nSPS) is 13.3. The van der Waals surface area contributed by atoms with Crippen LogP contribution in [0.25, 0.3) is 0 Å². The van der Waals surface area contributed by atoms with Gasteiger partial charge in [-0.25, -0.2) is 9.37 Å². The summed E-state index contributed by atoms with van der Waals surface area (Å²) in [4.78, 5) is 18.7. The molecule has 5 nitrogen and oxygen atoms in total. The number of rotatable bonds is 4. The lowest BCUT2D eigenvalue weighted by atomic mass is 10.2. The molecule has 0 fully saturated rings. The number of thiazole rings is 1. The largest absolute Gasteiger partial charge is 0.332 e. The molecule has 25 heavy (non-hydrogen) atoms. The standard InChI is InChI=1S/C18H17FN4OS/c1-12-21-16(11-25-12)6-18(24)22-9-14-7-20-23(17(14)10-22)8-13-2-4-15(19)5-3-13/h2-5,7,11H,6,8-10H2,1H3. The van der Waals surface area contributed by atoms with Crippen LogP contribution in [0.2, 0.25) is 0 Å². The maximum atomic E-state index is 13.0. The Morgan fingerprint density at radius 1 is 1.28 bits per heavy atom. The van der Waals surface area contributed by atoms with Gasteiger partial charge >= 0.3 is 0 Å². The molecule has 1 amide bonds. The lowest BCUT2D eigenvalue weighted by molar-refractivity contribution is -0.131. The fourth-order valence-electron chi connectivity index (χ4n) is 3.04. The summed E-state index contributed by atoms with van der Waals surface area (Å²) >= 11 is 1.56. The SMILES string of the molecule is Cc1nc(CC(=O)N2Cc3cnn(Cc4ccc(F)cc4)c3C2)cs1. The monoisotopic (exact) mass is 356 g/mol. The van der Waals surface area contributed by atoms with Crippen molar-refractivity contribution in [1.29, 1.82) is 0 Å². The number of benzene rings is 1. The van der Waals surface area contributed by atoms with Crippen molar-refractivity contribution in [2.24, 2.45) is 0 Å². The van der Waals surface area contributed by atoms with Crippen molar-refractivity contribution in [2.45, 2.75) is 33.0 Å². The number of hydrogen-bond donors (Lipinski definition) is 0. The Morgan fingerprint density at radius 3 is 2.80 bits per heavy atom. The number of halogens is 1. The molecule has 0 bridgehead atoms. The third kappa shape index (κ3) is 3.32. The first-order chi connectivity index (χ1) is 12.1. The maximum Gasteiger partial charge on any atom is 0.229 e. The molecule has 1 aliphatic rings. The predicted molar refractivity (Wildman–Crippen MR) is 92.5 cm³/mol. The van der Waals surface area contributed by atoms with Gasteiger partial charge in [0.15, 0.2) is 0 Å². The second-order valence-electron chi connectivity index (χ2n) is 6.19. The zero-order valence-corrected chi connectivity index (χ0v) is 14.6. The summed E-state index contributed by atoms with van der Waals surface area (Å²) < 4.78 is 14.9. The van der Waals surface area contributed by atoms with Gasteiger partial charge in [-0.1, -0.05) is 12.1 Å². The Kier molecular flexibility index (Phi) is 4.09. The quantitative estimate of drug-likeness (QED) is 0.722. The van der Waals surface area contributed by atoms with E-state index < -0.39 is 0 Å². The molecule has 4 rings (SSSR count). The molecule has 0 spiro atoms. The molecule has 0 saturated heterocycles. The van der Waals surface area contributed by atoms with E-state index in [1.807, 2.05) is 28.1 Å². The van der Waals surface area contributed by atoms with Gasteiger partial charge in [-0.05, 0) is 24.6 Å². The number of hydrogen-bond acceptors (Lipinski definition) is 4. The first-order valence-corrected chi connectivity index (χ1v) is 8.93. The highest BCUT2D eigenvalue weighted by Gasteiger charge is 2.27. The van der Waals surface area contributed by atoms with Crippen molar-refractivity contribution >= 4 is 17.2 Å². The predicted octanol–water partition coefficient (Wildman–Crippen LogP) is 2.92. The van der Waals surface area contributed by atoms with E-state index in [9.17, 15) is 9.18 Å². The van der Waals surface area contributed by atoms with Gasteiger partial charge in [0.25, 0.3) is 0 Å². The first kappa shape index (κ1) is 16.0. The summed E-state index contributed by atoms with van der Waals surface area (Å²) in [7, 11) is 0. The number of nitrogens with zero attached hydrogens (tertiary/aromatic N) is 4. The Morgan fingerprint density at radius 2 is 2.08 bits per heavy atom. The van der Waals surface area contributed by atoms with Crippen LogP contribution >= 0.6 is 11.3 Å². The lowest BCUT2D eigenvalue weighted by Crippen LogP contribution is -2.28. The highest BCUT2D eigenvalue weighted by molar-refractivity contribution is 7.09. The molecule has 0 aliphatic carbocycles. The van der Waals surface area contributed by atoms with Crippen molar-refractivity contribution in [1.82, 2.24) is 19.7 Å². The Balaban J connectivity index is 1.45. The molecule has 0 atom stereocenters. The van der Waals surface area contributed by atoms with Gasteiger partial charge in [0, 0.05) is 17.5 Å². The topological polar surface area (TPSA) is 51.0 Å². The summed E-state index contributed by atoms with van der Waals surface area (Å²) in [6, 6.07) is 6.41. The maximum absolute atomic E-state index is 13.0. The number of aryl methyl sites for hydroxylation is 1. The first-order valence-electron chi connectivity index (χ1n) is 8.05. The van der Waals surface area contributed by atoms with Crippen LogP contribution in [-0.2, 0) is 30.8 Å². The molecule has 3 heterocycles. The van der Waals surface area contributed by atoms with Gasteiger partial charge in [-0.3, -0.25) is 9.48 Å². The van der Waals surface area contributed by atoms with E-state index in [1.54, 1.807) is 23.5 Å². The zero-order valence-electron chi connectivity index (χ0n) is 13.8. The van der Waals surface area contributed by atoms with E-state index >= 15 is 0 Å². The molecule has 0 N–H and O–H groups in total. The fraction of sp³-hybridized carbons (Fsp3) is 0.278. The van der Waals surface area contributed by atoms with E-state index in [0.29, 0.717) is 26.1 Å². The summed E-state index contributed by atoms with van der Waals surface area (Å²) in [6.07, 6.45) is 2.15. The Bertz CT molecular complexity index is 916. The van der Waals surface area contributed by atoms with Crippen LogP contribution in [-0.4, -0.2) is 25.6 Å². The Hall–Kier alpha value is -2.54. The van der Waals surface area contributed by atoms with Crippen LogP contribution in [0.3, 0.4) is 0 Å². The summed E-state index contributed by atoms with van der Waals surface area (Å²) in [6.45, 7) is 3.65. The van der Waals surface area contributed by atoms with Crippen molar-refractivity contribution in [3.63, 3.8) is 0 Å². The van der Waals surface area contributed by atoms with Gasteiger partial charge in [0.05, 0.1) is 42.1 Å². The molecular formula is C18H17FN4OS. The van der Waals surface area contributed by atoms with Crippen LogP contribution in [0.15, 0.2) is 35.8 Å². The third-order valence-electron chi connectivity index (χ3n) is 4.33. The molecule has 0 radical (unpaired) electrons. The second-order valence-corrected chi connectivity index (χ2v) is 7.25. The minimum atomic E-state index is -0.247. The highest BCUT2D eigenvalue weighted by Crippen LogP contribution is 2.24. The minimum absolute atomic E-state index is 0.0785. The van der Waals surface area contributed by atoms with Gasteiger partial charge in [-0.15, -0.1) is 11.3 Å². The molecule has 0 saturated carbocycles. The van der Waals surface area contributed by atoms with E-state index in [2.05, 4.69) is 10.1 Å². The molecule has 1 aromatic carbocycles. The van der Waals surface area contributed by atoms with Gasteiger partial charge in [-0.2, -0.15) is 5.10 Å². The van der Waals surface area contributed by atoms with E-state index in [0.717, 1.165) is 27.5 Å². The summed E-state index contributed by atoms with van der Waals surface area (Å²) in [5.41, 5.74) is 3.93. The third-order valence-corrected chi connectivity index (χ3v) is 5.16. The van der Waals surface area contributed by atoms with Crippen LogP contribution in [0, 0.1) is 12.7 Å². The van der Waals surface area contributed by atoms with Gasteiger partial charge < -0.3 is 4.90 Å². The molecule has 2 aromatic heterocycles. The summed E-state index contributed by atoms with van der Waals surface area (Å²) in [5, 5.41) is 7.32.